The fourth-order valence-electron chi connectivity index (χ4n) is 4.43. The Morgan fingerprint density at radius 1 is 0.939 bits per heavy atom. The van der Waals surface area contributed by atoms with E-state index in [2.05, 4.69) is 12.2 Å². The molecule has 5 nitrogen and oxygen atoms in total. The summed E-state index contributed by atoms with van der Waals surface area (Å²) >= 11 is -0.922. The van der Waals surface area contributed by atoms with Crippen molar-refractivity contribution in [2.24, 2.45) is 11.8 Å². The first-order valence-electron chi connectivity index (χ1n) is 12.2. The molecule has 0 radical (unpaired) electrons. The van der Waals surface area contributed by atoms with Gasteiger partial charge in [0.15, 0.2) is 4.90 Å². The van der Waals surface area contributed by atoms with Gasteiger partial charge in [-0.25, -0.2) is 0 Å². The zero-order valence-electron chi connectivity index (χ0n) is 19.8. The lowest BCUT2D eigenvalue weighted by molar-refractivity contribution is -0.137. The van der Waals surface area contributed by atoms with Gasteiger partial charge < -0.3 is 19.9 Å². The first-order valence-corrected chi connectivity index (χ1v) is 13.5. The molecular weight excluding hydrogens is 436 g/mol. The van der Waals surface area contributed by atoms with Crippen molar-refractivity contribution < 1.29 is 24.7 Å². The smallest absolute Gasteiger partial charge is 0.303 e. The maximum atomic E-state index is 12.3. The zero-order valence-corrected chi connectivity index (χ0v) is 20.6. The molecule has 0 aromatic heterocycles. The first kappa shape index (κ1) is 27.6. The van der Waals surface area contributed by atoms with Crippen LogP contribution in [0.2, 0.25) is 0 Å². The van der Waals surface area contributed by atoms with E-state index in [1.54, 1.807) is 0 Å². The van der Waals surface area contributed by atoms with Gasteiger partial charge in [-0.15, -0.1) is 0 Å². The molecule has 1 unspecified atom stereocenters. The monoisotopic (exact) mass is 476 g/mol. The number of hydrogen-bond donors (Lipinski definition) is 3. The van der Waals surface area contributed by atoms with E-state index in [1.165, 1.54) is 5.56 Å². The summed E-state index contributed by atoms with van der Waals surface area (Å²) < 4.78 is 12.3. The van der Waals surface area contributed by atoms with Gasteiger partial charge in [-0.3, -0.25) is 4.79 Å². The van der Waals surface area contributed by atoms with Gasteiger partial charge in [-0.2, -0.15) is 0 Å². The van der Waals surface area contributed by atoms with Crippen LogP contribution in [0.1, 0.15) is 69.8 Å². The molecule has 1 aliphatic carbocycles. The molecule has 0 heterocycles. The minimum Gasteiger partial charge on any atom is -0.611 e. The van der Waals surface area contributed by atoms with Crippen molar-refractivity contribution in [3.05, 3.63) is 54.1 Å². The predicted molar refractivity (Wildman–Crippen MR) is 134 cm³/mol. The molecule has 2 rings (SSSR count). The normalized spacial score (nSPS) is 24.1. The number of aryl methyl sites for hydroxylation is 1. The molecule has 6 heteroatoms. The Balaban J connectivity index is 1.62. The van der Waals surface area contributed by atoms with Crippen molar-refractivity contribution in [2.45, 2.75) is 88.2 Å². The van der Waals surface area contributed by atoms with Gasteiger partial charge in [0.25, 0.3) is 0 Å². The Morgan fingerprint density at radius 2 is 1.52 bits per heavy atom. The van der Waals surface area contributed by atoms with E-state index in [0.717, 1.165) is 43.4 Å². The minimum absolute atomic E-state index is 0.0390. The number of carbonyl (C=O) groups is 1. The highest BCUT2D eigenvalue weighted by atomic mass is 32.2. The summed E-state index contributed by atoms with van der Waals surface area (Å²) in [5.74, 6) is 0.0144. The molecule has 1 aromatic carbocycles. The van der Waals surface area contributed by atoms with Gasteiger partial charge in [0.2, 0.25) is 0 Å². The van der Waals surface area contributed by atoms with E-state index >= 15 is 0 Å². The van der Waals surface area contributed by atoms with Gasteiger partial charge in [0.1, 0.15) is 5.75 Å². The number of aliphatic hydroxyl groups is 2. The van der Waals surface area contributed by atoms with E-state index in [1.807, 2.05) is 43.3 Å². The molecule has 3 N–H and O–H groups in total. The van der Waals surface area contributed by atoms with Crippen LogP contribution >= 0.6 is 0 Å². The molecule has 0 saturated heterocycles. The molecule has 184 valence electrons. The molecule has 1 fully saturated rings. The molecule has 0 amide bonds. The van der Waals surface area contributed by atoms with Gasteiger partial charge >= 0.3 is 5.97 Å². The molecule has 5 atom stereocenters. The Hall–Kier alpha value is -1.60. The third-order valence-corrected chi connectivity index (χ3v) is 7.87. The maximum absolute atomic E-state index is 12.3. The summed E-state index contributed by atoms with van der Waals surface area (Å²) in [6, 6.07) is 7.90. The van der Waals surface area contributed by atoms with E-state index < -0.39 is 29.4 Å². The molecule has 0 bridgehead atoms. The van der Waals surface area contributed by atoms with Crippen LogP contribution in [0.25, 0.3) is 0 Å². The summed E-state index contributed by atoms with van der Waals surface area (Å²) in [7, 11) is 0. The molecule has 1 aliphatic rings. The fourth-order valence-corrected chi connectivity index (χ4v) is 5.57. The summed E-state index contributed by atoms with van der Waals surface area (Å²) in [6.45, 7) is 2.03. The Bertz CT molecular complexity index is 745. The Labute approximate surface area is 201 Å². The van der Waals surface area contributed by atoms with E-state index in [4.69, 9.17) is 5.11 Å². The van der Waals surface area contributed by atoms with Crippen molar-refractivity contribution in [2.75, 3.05) is 5.75 Å². The molecule has 0 spiro atoms. The SMILES string of the molecule is Cc1ccc([S+]([O-])CCCCC/C=C/C[C@@H]2[C@@H](C/C=C\CCCC(=O)O)[C@H](O)C[C@H]2O)cc1. The highest BCUT2D eigenvalue weighted by Gasteiger charge is 2.39. The van der Waals surface area contributed by atoms with Crippen LogP contribution in [0.5, 0.6) is 0 Å². The van der Waals surface area contributed by atoms with Gasteiger partial charge in [0, 0.05) is 6.42 Å². The van der Waals surface area contributed by atoms with E-state index in [0.29, 0.717) is 25.0 Å². The zero-order chi connectivity index (χ0) is 24.1. The van der Waals surface area contributed by atoms with Crippen LogP contribution in [-0.4, -0.2) is 43.8 Å². The van der Waals surface area contributed by atoms with Crippen LogP contribution in [0, 0.1) is 18.8 Å². The number of aliphatic carboxylic acids is 1. The van der Waals surface area contributed by atoms with Crippen molar-refractivity contribution >= 4 is 17.1 Å². The Kier molecular flexibility index (Phi) is 12.8. The maximum Gasteiger partial charge on any atom is 0.303 e. The highest BCUT2D eigenvalue weighted by molar-refractivity contribution is 7.91. The standard InChI is InChI=1S/C27H40O5S/c1-21-15-17-22(18-16-21)33(32)19-11-7-3-2-4-8-12-23-24(26(29)20-25(23)28)13-9-5-6-10-14-27(30)31/h4-5,8-9,15-18,23-26,28-29H,2-3,6-7,10-14,19-20H2,1H3,(H,30,31)/b8-4+,9-5-/t23-,24-,25-,26-,33?/m1/s1. The minimum atomic E-state index is -0.922. The Morgan fingerprint density at radius 3 is 2.09 bits per heavy atom. The lowest BCUT2D eigenvalue weighted by Gasteiger charge is -2.21. The van der Waals surface area contributed by atoms with E-state index in [9.17, 15) is 19.6 Å². The number of unbranched alkanes of at least 4 members (excludes halogenated alkanes) is 4. The highest BCUT2D eigenvalue weighted by Crippen LogP contribution is 2.37. The quantitative estimate of drug-likeness (QED) is 0.184. The molecule has 1 aromatic rings. The van der Waals surface area contributed by atoms with E-state index in [-0.39, 0.29) is 18.3 Å². The third-order valence-electron chi connectivity index (χ3n) is 6.42. The van der Waals surface area contributed by atoms with Crippen LogP contribution < -0.4 is 0 Å². The largest absolute Gasteiger partial charge is 0.611 e. The molecule has 1 saturated carbocycles. The predicted octanol–water partition coefficient (Wildman–Crippen LogP) is 5.17. The number of hydrogen-bond acceptors (Lipinski definition) is 4. The first-order chi connectivity index (χ1) is 15.9. The van der Waals surface area contributed by atoms with Crippen LogP contribution in [0.4, 0.5) is 0 Å². The topological polar surface area (TPSA) is 101 Å². The number of allylic oxidation sites excluding steroid dienone is 4. The van der Waals surface area contributed by atoms with Crippen molar-refractivity contribution in [1.82, 2.24) is 0 Å². The van der Waals surface area contributed by atoms with Gasteiger partial charge in [-0.1, -0.05) is 42.0 Å². The van der Waals surface area contributed by atoms with Crippen molar-refractivity contribution in [3.63, 3.8) is 0 Å². The third kappa shape index (κ3) is 10.5. The molecule has 33 heavy (non-hydrogen) atoms. The number of benzene rings is 1. The number of rotatable bonds is 15. The van der Waals surface area contributed by atoms with Gasteiger partial charge in [0.05, 0.1) is 12.2 Å². The number of carboxylic acids is 1. The van der Waals surface area contributed by atoms with Crippen molar-refractivity contribution in [3.8, 4) is 0 Å². The van der Waals surface area contributed by atoms with Gasteiger partial charge in [-0.05, 0) is 99.9 Å². The van der Waals surface area contributed by atoms with Crippen LogP contribution in [0.3, 0.4) is 0 Å². The summed E-state index contributed by atoms with van der Waals surface area (Å²) in [6.07, 6.45) is 14.7. The average Bonchev–Trinajstić information content (AvgIpc) is 3.04. The second-order valence-corrected chi connectivity index (χ2v) is 10.7. The molecular formula is C27H40O5S. The number of aliphatic hydroxyl groups excluding tert-OH is 2. The summed E-state index contributed by atoms with van der Waals surface area (Å²) in [5.41, 5.74) is 1.18. The lowest BCUT2D eigenvalue weighted by atomic mass is 9.87. The fraction of sp³-hybridized carbons (Fsp3) is 0.593. The van der Waals surface area contributed by atoms with Crippen LogP contribution in [0.15, 0.2) is 53.5 Å². The number of carboxylic acid groups (broad SMARTS) is 1. The molecule has 0 aliphatic heterocycles. The second-order valence-electron chi connectivity index (χ2n) is 9.11. The lowest BCUT2D eigenvalue weighted by Crippen LogP contribution is -2.21. The average molecular weight is 477 g/mol. The summed E-state index contributed by atoms with van der Waals surface area (Å²) in [5, 5.41) is 29.4. The van der Waals surface area contributed by atoms with Crippen molar-refractivity contribution in [1.29, 1.82) is 0 Å². The summed E-state index contributed by atoms with van der Waals surface area (Å²) in [4.78, 5) is 11.5. The van der Waals surface area contributed by atoms with Crippen LogP contribution in [-0.2, 0) is 16.0 Å². The second kappa shape index (κ2) is 15.3.